The number of ether oxygens (including phenoxy) is 2. The van der Waals surface area contributed by atoms with Crippen LogP contribution < -0.4 is 0 Å². The highest BCUT2D eigenvalue weighted by molar-refractivity contribution is 5.20. The van der Waals surface area contributed by atoms with E-state index in [1.807, 2.05) is 0 Å². The van der Waals surface area contributed by atoms with E-state index in [9.17, 15) is 0 Å². The van der Waals surface area contributed by atoms with Crippen molar-refractivity contribution in [3.63, 3.8) is 0 Å². The standard InChI is InChI=1S/C40H63NO2/c1-28-11-13-30(14-12-28)26-42-27-31(25-41-22-8-5-9-23-41)15-18-36-29(2)38-37(43-36)24-35-33-17-16-32-10-6-7-20-39(32,3)34(33)19-21-40(35,38)4/h11-14,29,31-38H,5-10,15-27H2,1-4H3/t29-,31?,32?,33-,34+,35+,36?,37+,38+,39+,40+/m1/s1. The van der Waals surface area contributed by atoms with E-state index in [1.54, 1.807) is 0 Å². The van der Waals surface area contributed by atoms with Crippen LogP contribution >= 0.6 is 0 Å². The zero-order valence-corrected chi connectivity index (χ0v) is 28.2. The highest BCUT2D eigenvalue weighted by atomic mass is 16.5. The first kappa shape index (κ1) is 30.7. The van der Waals surface area contributed by atoms with Gasteiger partial charge >= 0.3 is 0 Å². The first-order valence-corrected chi connectivity index (χ1v) is 18.9. The Hall–Kier alpha value is -0.900. The Morgan fingerprint density at radius 1 is 0.907 bits per heavy atom. The predicted molar refractivity (Wildman–Crippen MR) is 177 cm³/mol. The molecule has 0 amide bonds. The second-order valence-corrected chi connectivity index (χ2v) is 17.1. The van der Waals surface area contributed by atoms with E-state index in [0.29, 0.717) is 34.9 Å². The summed E-state index contributed by atoms with van der Waals surface area (Å²) in [5, 5.41) is 0. The third-order valence-corrected chi connectivity index (χ3v) is 14.7. The van der Waals surface area contributed by atoms with Crippen LogP contribution in [0.15, 0.2) is 24.3 Å². The smallest absolute Gasteiger partial charge is 0.0717 e. The molecule has 6 fully saturated rings. The molecule has 2 aliphatic heterocycles. The fourth-order valence-corrected chi connectivity index (χ4v) is 12.5. The molecule has 0 spiro atoms. The maximum absolute atomic E-state index is 7.14. The van der Waals surface area contributed by atoms with Gasteiger partial charge in [0.2, 0.25) is 0 Å². The van der Waals surface area contributed by atoms with E-state index in [-0.39, 0.29) is 0 Å². The fourth-order valence-electron chi connectivity index (χ4n) is 12.5. The number of likely N-dealkylation sites (tertiary alicyclic amines) is 1. The van der Waals surface area contributed by atoms with Crippen molar-refractivity contribution >= 4 is 0 Å². The molecule has 3 heteroatoms. The lowest BCUT2D eigenvalue weighted by Crippen LogP contribution is -2.53. The molecule has 240 valence electrons. The van der Waals surface area contributed by atoms with Crippen LogP contribution in [0.4, 0.5) is 0 Å². The maximum Gasteiger partial charge on any atom is 0.0717 e. The Balaban J connectivity index is 0.974. The third-order valence-electron chi connectivity index (χ3n) is 14.7. The zero-order chi connectivity index (χ0) is 29.6. The Bertz CT molecular complexity index is 1060. The summed E-state index contributed by atoms with van der Waals surface area (Å²) in [4.78, 5) is 2.72. The topological polar surface area (TPSA) is 21.7 Å². The normalized spacial score (nSPS) is 43.4. The SMILES string of the molecule is Cc1ccc(COCC(CCC2O[C@H]3C[C@H]4[C@@H]5CCC6CCCC[C@]6(C)[C@H]5CC[C@]4(C)[C@H]3[C@@H]2C)CN2CCCCC2)cc1. The molecule has 1 aromatic rings. The fraction of sp³-hybridized carbons (Fsp3) is 0.850. The van der Waals surface area contributed by atoms with Crippen LogP contribution in [0.1, 0.15) is 122 Å². The molecule has 3 unspecified atom stereocenters. The van der Waals surface area contributed by atoms with E-state index < -0.39 is 0 Å². The average molecular weight is 590 g/mol. The molecule has 4 aliphatic carbocycles. The lowest BCUT2D eigenvalue weighted by molar-refractivity contribution is -0.115. The van der Waals surface area contributed by atoms with Crippen LogP contribution in [0.25, 0.3) is 0 Å². The molecule has 7 rings (SSSR count). The lowest BCUT2D eigenvalue weighted by Gasteiger charge is -2.60. The summed E-state index contributed by atoms with van der Waals surface area (Å²) in [6.07, 6.45) is 20.9. The van der Waals surface area contributed by atoms with E-state index >= 15 is 0 Å². The highest BCUT2D eigenvalue weighted by Crippen LogP contribution is 2.70. The molecule has 2 saturated heterocycles. The lowest BCUT2D eigenvalue weighted by atomic mass is 9.44. The minimum absolute atomic E-state index is 0.443. The Kier molecular flexibility index (Phi) is 9.09. The number of benzene rings is 1. The second-order valence-electron chi connectivity index (χ2n) is 17.1. The number of aryl methyl sites for hydroxylation is 1. The van der Waals surface area contributed by atoms with Gasteiger partial charge in [0.1, 0.15) is 0 Å². The number of hydrogen-bond donors (Lipinski definition) is 0. The minimum atomic E-state index is 0.443. The number of hydrogen-bond acceptors (Lipinski definition) is 3. The number of piperidine rings is 1. The Morgan fingerprint density at radius 3 is 2.53 bits per heavy atom. The van der Waals surface area contributed by atoms with Crippen molar-refractivity contribution in [2.45, 2.75) is 136 Å². The summed E-state index contributed by atoms with van der Waals surface area (Å²) in [5.74, 6) is 5.96. The molecule has 0 bridgehead atoms. The molecule has 11 atom stereocenters. The van der Waals surface area contributed by atoms with Gasteiger partial charge in [0.15, 0.2) is 0 Å². The van der Waals surface area contributed by atoms with E-state index in [4.69, 9.17) is 9.47 Å². The summed E-state index contributed by atoms with van der Waals surface area (Å²) in [5.41, 5.74) is 3.76. The van der Waals surface area contributed by atoms with Crippen LogP contribution in [0.2, 0.25) is 0 Å². The van der Waals surface area contributed by atoms with E-state index in [1.165, 1.54) is 121 Å². The molecule has 0 radical (unpaired) electrons. The van der Waals surface area contributed by atoms with Crippen molar-refractivity contribution in [3.8, 4) is 0 Å². The monoisotopic (exact) mass is 589 g/mol. The summed E-state index contributed by atoms with van der Waals surface area (Å²) in [6, 6.07) is 8.87. The summed E-state index contributed by atoms with van der Waals surface area (Å²) in [7, 11) is 0. The van der Waals surface area contributed by atoms with Gasteiger partial charge in [-0.25, -0.2) is 0 Å². The Morgan fingerprint density at radius 2 is 1.72 bits per heavy atom. The van der Waals surface area contributed by atoms with Crippen molar-refractivity contribution in [2.75, 3.05) is 26.2 Å². The second kappa shape index (κ2) is 12.7. The van der Waals surface area contributed by atoms with Gasteiger partial charge in [-0.3, -0.25) is 0 Å². The van der Waals surface area contributed by atoms with E-state index in [0.717, 1.165) is 42.8 Å². The van der Waals surface area contributed by atoms with Crippen LogP contribution in [0.5, 0.6) is 0 Å². The number of nitrogens with zero attached hydrogens (tertiary/aromatic N) is 1. The van der Waals surface area contributed by atoms with Crippen LogP contribution in [-0.2, 0) is 16.1 Å². The average Bonchev–Trinajstić information content (AvgIpc) is 3.49. The van der Waals surface area contributed by atoms with Crippen molar-refractivity contribution < 1.29 is 9.47 Å². The van der Waals surface area contributed by atoms with Crippen molar-refractivity contribution in [3.05, 3.63) is 35.4 Å². The van der Waals surface area contributed by atoms with Gasteiger partial charge in [-0.05, 0) is 148 Å². The molecule has 0 aromatic heterocycles. The van der Waals surface area contributed by atoms with Gasteiger partial charge in [0.25, 0.3) is 0 Å². The van der Waals surface area contributed by atoms with Crippen LogP contribution in [-0.4, -0.2) is 43.3 Å². The van der Waals surface area contributed by atoms with Gasteiger partial charge in [0.05, 0.1) is 25.4 Å². The summed E-state index contributed by atoms with van der Waals surface area (Å²) in [6.45, 7) is 15.6. The minimum Gasteiger partial charge on any atom is -0.376 e. The van der Waals surface area contributed by atoms with Gasteiger partial charge in [-0.2, -0.15) is 0 Å². The number of rotatable bonds is 9. The van der Waals surface area contributed by atoms with Crippen molar-refractivity contribution in [2.24, 2.45) is 52.3 Å². The van der Waals surface area contributed by atoms with E-state index in [2.05, 4.69) is 56.9 Å². The largest absolute Gasteiger partial charge is 0.376 e. The molecule has 0 N–H and O–H groups in total. The highest BCUT2D eigenvalue weighted by Gasteiger charge is 2.65. The Labute approximate surface area is 264 Å². The van der Waals surface area contributed by atoms with Gasteiger partial charge in [-0.15, -0.1) is 0 Å². The zero-order valence-electron chi connectivity index (χ0n) is 28.2. The molecule has 6 aliphatic rings. The number of fused-ring (bicyclic) bond motifs is 7. The molecule has 43 heavy (non-hydrogen) atoms. The molecular weight excluding hydrogens is 526 g/mol. The first-order chi connectivity index (χ1) is 20.8. The molecule has 3 nitrogen and oxygen atoms in total. The third kappa shape index (κ3) is 5.91. The van der Waals surface area contributed by atoms with Crippen molar-refractivity contribution in [1.29, 1.82) is 0 Å². The predicted octanol–water partition coefficient (Wildman–Crippen LogP) is 9.46. The quantitative estimate of drug-likeness (QED) is 0.286. The first-order valence-electron chi connectivity index (χ1n) is 18.9. The van der Waals surface area contributed by atoms with Crippen molar-refractivity contribution in [1.82, 2.24) is 4.90 Å². The maximum atomic E-state index is 7.14. The molecular formula is C40H63NO2. The summed E-state index contributed by atoms with van der Waals surface area (Å²) >= 11 is 0. The molecule has 2 heterocycles. The molecule has 1 aromatic carbocycles. The van der Waals surface area contributed by atoms with Crippen LogP contribution in [0.3, 0.4) is 0 Å². The summed E-state index contributed by atoms with van der Waals surface area (Å²) < 4.78 is 13.5. The van der Waals surface area contributed by atoms with Gasteiger partial charge in [0, 0.05) is 6.54 Å². The van der Waals surface area contributed by atoms with Crippen LogP contribution in [0, 0.1) is 59.2 Å². The van der Waals surface area contributed by atoms with Gasteiger partial charge < -0.3 is 14.4 Å². The molecule has 4 saturated carbocycles. The van der Waals surface area contributed by atoms with Gasteiger partial charge in [-0.1, -0.05) is 69.9 Å².